The van der Waals surface area contributed by atoms with Crippen molar-refractivity contribution in [1.29, 1.82) is 0 Å². The van der Waals surface area contributed by atoms with Gasteiger partial charge in [0, 0.05) is 26.3 Å². The van der Waals surface area contributed by atoms with Gasteiger partial charge in [-0.1, -0.05) is 6.07 Å². The van der Waals surface area contributed by atoms with Crippen LogP contribution in [0.1, 0.15) is 48.2 Å². The van der Waals surface area contributed by atoms with Gasteiger partial charge in [-0.2, -0.15) is 0 Å². The largest absolute Gasteiger partial charge is 0.379 e. The summed E-state index contributed by atoms with van der Waals surface area (Å²) < 4.78 is 11.1. The number of rotatable bonds is 8. The SMILES string of the molecule is O=C(NCCCOCC1CCCO1)C1CCCCN1C(=O)c1cccs1. The van der Waals surface area contributed by atoms with Crippen LogP contribution in [-0.4, -0.2) is 61.8 Å². The molecule has 144 valence electrons. The normalized spacial score (nSPS) is 23.2. The lowest BCUT2D eigenvalue weighted by molar-refractivity contribution is -0.126. The zero-order valence-electron chi connectivity index (χ0n) is 15.2. The number of hydrogen-bond acceptors (Lipinski definition) is 5. The lowest BCUT2D eigenvalue weighted by atomic mass is 10.0. The summed E-state index contributed by atoms with van der Waals surface area (Å²) in [5.41, 5.74) is 0. The van der Waals surface area contributed by atoms with Crippen LogP contribution >= 0.6 is 11.3 Å². The fourth-order valence-corrected chi connectivity index (χ4v) is 4.16. The van der Waals surface area contributed by atoms with Crippen molar-refractivity contribution in [1.82, 2.24) is 10.2 Å². The molecule has 0 aliphatic carbocycles. The van der Waals surface area contributed by atoms with E-state index in [2.05, 4.69) is 5.32 Å². The van der Waals surface area contributed by atoms with Crippen LogP contribution in [0.15, 0.2) is 17.5 Å². The van der Waals surface area contributed by atoms with E-state index in [0.29, 0.717) is 31.2 Å². The van der Waals surface area contributed by atoms with Crippen molar-refractivity contribution < 1.29 is 19.1 Å². The first-order valence-corrected chi connectivity index (χ1v) is 10.4. The Labute approximate surface area is 158 Å². The van der Waals surface area contributed by atoms with E-state index >= 15 is 0 Å². The Morgan fingerprint density at radius 3 is 3.00 bits per heavy atom. The molecule has 0 saturated carbocycles. The van der Waals surface area contributed by atoms with Gasteiger partial charge in [-0.25, -0.2) is 0 Å². The van der Waals surface area contributed by atoms with Gasteiger partial charge in [0.1, 0.15) is 6.04 Å². The Morgan fingerprint density at radius 2 is 2.23 bits per heavy atom. The fourth-order valence-electron chi connectivity index (χ4n) is 3.48. The molecule has 1 aromatic rings. The molecular formula is C19H28N2O4S. The van der Waals surface area contributed by atoms with E-state index in [4.69, 9.17) is 9.47 Å². The average molecular weight is 381 g/mol. The van der Waals surface area contributed by atoms with E-state index in [0.717, 1.165) is 45.1 Å². The fraction of sp³-hybridized carbons (Fsp3) is 0.684. The summed E-state index contributed by atoms with van der Waals surface area (Å²) in [5, 5.41) is 4.86. The summed E-state index contributed by atoms with van der Waals surface area (Å²) >= 11 is 1.43. The van der Waals surface area contributed by atoms with Crippen LogP contribution in [0.5, 0.6) is 0 Å². The standard InChI is InChI=1S/C19H28N2O4S/c22-18(20-9-5-11-24-14-15-6-3-12-25-15)16-7-1-2-10-21(16)19(23)17-8-4-13-26-17/h4,8,13,15-16H,1-3,5-7,9-12,14H2,(H,20,22). The van der Waals surface area contributed by atoms with E-state index in [-0.39, 0.29) is 24.0 Å². The van der Waals surface area contributed by atoms with Crippen LogP contribution < -0.4 is 5.32 Å². The van der Waals surface area contributed by atoms with Crippen molar-refractivity contribution in [2.45, 2.75) is 50.7 Å². The smallest absolute Gasteiger partial charge is 0.264 e. The summed E-state index contributed by atoms with van der Waals surface area (Å²) in [6.45, 7) is 3.32. The molecule has 2 atom stereocenters. The lowest BCUT2D eigenvalue weighted by Crippen LogP contribution is -2.52. The predicted octanol–water partition coefficient (Wildman–Crippen LogP) is 2.44. The van der Waals surface area contributed by atoms with Gasteiger partial charge in [-0.05, 0) is 50.0 Å². The van der Waals surface area contributed by atoms with Gasteiger partial charge in [0.15, 0.2) is 0 Å². The Balaban J connectivity index is 1.38. The molecule has 26 heavy (non-hydrogen) atoms. The molecule has 7 heteroatoms. The summed E-state index contributed by atoms with van der Waals surface area (Å²) in [6, 6.07) is 3.33. The second-order valence-electron chi connectivity index (χ2n) is 6.84. The highest BCUT2D eigenvalue weighted by atomic mass is 32.1. The molecule has 0 aromatic carbocycles. The van der Waals surface area contributed by atoms with Gasteiger partial charge in [-0.15, -0.1) is 11.3 Å². The maximum absolute atomic E-state index is 12.6. The quantitative estimate of drug-likeness (QED) is 0.704. The number of piperidine rings is 1. The summed E-state index contributed by atoms with van der Waals surface area (Å²) in [7, 11) is 0. The third kappa shape index (κ3) is 5.28. The molecule has 0 spiro atoms. The zero-order chi connectivity index (χ0) is 18.2. The van der Waals surface area contributed by atoms with Gasteiger partial charge in [0.05, 0.1) is 17.6 Å². The highest BCUT2D eigenvalue weighted by Gasteiger charge is 2.32. The maximum atomic E-state index is 12.6. The predicted molar refractivity (Wildman–Crippen MR) is 100 cm³/mol. The van der Waals surface area contributed by atoms with Crippen LogP contribution in [0.2, 0.25) is 0 Å². The minimum absolute atomic E-state index is 0.0280. The van der Waals surface area contributed by atoms with Crippen molar-refractivity contribution in [3.05, 3.63) is 22.4 Å². The number of nitrogens with one attached hydrogen (secondary N) is 1. The summed E-state index contributed by atoms with van der Waals surface area (Å²) in [5.74, 6) is -0.0755. The van der Waals surface area contributed by atoms with E-state index in [9.17, 15) is 9.59 Å². The zero-order valence-corrected chi connectivity index (χ0v) is 16.0. The molecule has 2 aliphatic rings. The molecule has 1 N–H and O–H groups in total. The molecule has 6 nitrogen and oxygen atoms in total. The number of carbonyl (C=O) groups excluding carboxylic acids is 2. The van der Waals surface area contributed by atoms with Crippen LogP contribution in [0.3, 0.4) is 0 Å². The van der Waals surface area contributed by atoms with E-state index in [1.54, 1.807) is 4.90 Å². The van der Waals surface area contributed by atoms with E-state index in [1.807, 2.05) is 17.5 Å². The molecule has 0 radical (unpaired) electrons. The molecule has 2 fully saturated rings. The van der Waals surface area contributed by atoms with Crippen LogP contribution in [0.25, 0.3) is 0 Å². The first-order chi connectivity index (χ1) is 12.8. The Hall–Kier alpha value is -1.44. The number of nitrogens with zero attached hydrogens (tertiary/aromatic N) is 1. The molecule has 2 saturated heterocycles. The molecule has 2 unspecified atom stereocenters. The highest BCUT2D eigenvalue weighted by Crippen LogP contribution is 2.22. The average Bonchev–Trinajstić information content (AvgIpc) is 3.37. The number of carbonyl (C=O) groups is 2. The monoisotopic (exact) mass is 380 g/mol. The maximum Gasteiger partial charge on any atom is 0.264 e. The number of likely N-dealkylation sites (tertiary alicyclic amines) is 1. The second-order valence-corrected chi connectivity index (χ2v) is 7.79. The Kier molecular flexibility index (Phi) is 7.46. The molecular weight excluding hydrogens is 352 g/mol. The molecule has 0 bridgehead atoms. The third-order valence-corrected chi connectivity index (χ3v) is 5.75. The van der Waals surface area contributed by atoms with Gasteiger partial charge in [-0.3, -0.25) is 9.59 Å². The first kappa shape index (κ1) is 19.3. The van der Waals surface area contributed by atoms with Crippen molar-refractivity contribution in [3.8, 4) is 0 Å². The summed E-state index contributed by atoms with van der Waals surface area (Å²) in [6.07, 6.45) is 5.87. The summed E-state index contributed by atoms with van der Waals surface area (Å²) in [4.78, 5) is 27.6. The molecule has 3 heterocycles. The van der Waals surface area contributed by atoms with Gasteiger partial charge in [0.25, 0.3) is 5.91 Å². The molecule has 1 aromatic heterocycles. The van der Waals surface area contributed by atoms with Gasteiger partial charge >= 0.3 is 0 Å². The van der Waals surface area contributed by atoms with Crippen LogP contribution in [0, 0.1) is 0 Å². The van der Waals surface area contributed by atoms with Crippen LogP contribution in [-0.2, 0) is 14.3 Å². The minimum atomic E-state index is -0.355. The molecule has 2 aliphatic heterocycles. The van der Waals surface area contributed by atoms with E-state index in [1.165, 1.54) is 11.3 Å². The van der Waals surface area contributed by atoms with Crippen molar-refractivity contribution in [2.24, 2.45) is 0 Å². The highest BCUT2D eigenvalue weighted by molar-refractivity contribution is 7.12. The number of amides is 2. The van der Waals surface area contributed by atoms with Gasteiger partial charge in [0.2, 0.25) is 5.91 Å². The van der Waals surface area contributed by atoms with Gasteiger partial charge < -0.3 is 19.7 Å². The molecule has 2 amide bonds. The Morgan fingerprint density at radius 1 is 1.31 bits per heavy atom. The molecule has 3 rings (SSSR count). The topological polar surface area (TPSA) is 67.9 Å². The van der Waals surface area contributed by atoms with Crippen molar-refractivity contribution >= 4 is 23.2 Å². The van der Waals surface area contributed by atoms with E-state index < -0.39 is 0 Å². The van der Waals surface area contributed by atoms with Crippen molar-refractivity contribution in [2.75, 3.05) is 32.9 Å². The Bertz CT molecular complexity index is 572. The minimum Gasteiger partial charge on any atom is -0.379 e. The number of ether oxygens (including phenoxy) is 2. The number of thiophene rings is 1. The first-order valence-electron chi connectivity index (χ1n) is 9.57. The second kappa shape index (κ2) is 10.0. The third-order valence-electron chi connectivity index (χ3n) is 4.89. The van der Waals surface area contributed by atoms with Crippen LogP contribution in [0.4, 0.5) is 0 Å². The van der Waals surface area contributed by atoms with Crippen molar-refractivity contribution in [3.63, 3.8) is 0 Å². The number of hydrogen-bond donors (Lipinski definition) is 1. The lowest BCUT2D eigenvalue weighted by Gasteiger charge is -2.34.